The third-order valence-electron chi connectivity index (χ3n) is 5.82. The summed E-state index contributed by atoms with van der Waals surface area (Å²) < 4.78 is 38.9. The van der Waals surface area contributed by atoms with Crippen LogP contribution in [-0.2, 0) is 15.8 Å². The van der Waals surface area contributed by atoms with Crippen LogP contribution in [0.5, 0.6) is 0 Å². The number of hydrogen-bond acceptors (Lipinski definition) is 4. The zero-order valence-electron chi connectivity index (χ0n) is 16.7. The average molecular weight is 433 g/mol. The Morgan fingerprint density at radius 1 is 0.903 bits per heavy atom. The zero-order valence-corrected chi connectivity index (χ0v) is 16.7. The molecule has 4 rings (SSSR count). The van der Waals surface area contributed by atoms with Crippen molar-refractivity contribution in [2.45, 2.75) is 18.2 Å². The van der Waals surface area contributed by atoms with E-state index in [9.17, 15) is 27.9 Å². The van der Waals surface area contributed by atoms with Gasteiger partial charge in [-0.2, -0.15) is 13.2 Å². The van der Waals surface area contributed by atoms with E-state index in [1.165, 1.54) is 15.9 Å². The van der Waals surface area contributed by atoms with E-state index >= 15 is 0 Å². The van der Waals surface area contributed by atoms with Crippen LogP contribution in [0.15, 0.2) is 54.6 Å². The summed E-state index contributed by atoms with van der Waals surface area (Å²) in [7, 11) is 0. The van der Waals surface area contributed by atoms with E-state index < -0.39 is 29.2 Å². The number of benzene rings is 2. The number of aliphatic hydroxyl groups is 1. The van der Waals surface area contributed by atoms with Gasteiger partial charge in [0.1, 0.15) is 0 Å². The van der Waals surface area contributed by atoms with Crippen molar-refractivity contribution in [3.8, 4) is 0 Å². The predicted molar refractivity (Wildman–Crippen MR) is 109 cm³/mol. The highest BCUT2D eigenvalue weighted by molar-refractivity contribution is 6.16. The molecular weight excluding hydrogens is 411 g/mol. The number of halogens is 3. The molecule has 0 aromatic heterocycles. The topological polar surface area (TPSA) is 64.1 Å². The van der Waals surface area contributed by atoms with Crippen molar-refractivity contribution in [1.82, 2.24) is 4.90 Å². The van der Waals surface area contributed by atoms with Gasteiger partial charge in [-0.1, -0.05) is 24.3 Å². The normalized spacial score (nSPS) is 22.2. The summed E-state index contributed by atoms with van der Waals surface area (Å²) in [6.07, 6.45) is -4.43. The second-order valence-corrected chi connectivity index (χ2v) is 7.73. The molecule has 0 aliphatic carbocycles. The van der Waals surface area contributed by atoms with Crippen LogP contribution in [0.1, 0.15) is 12.0 Å². The molecule has 1 unspecified atom stereocenters. The van der Waals surface area contributed by atoms with E-state index in [-0.39, 0.29) is 26.1 Å². The average Bonchev–Trinajstić information content (AvgIpc) is 3.09. The van der Waals surface area contributed by atoms with Crippen molar-refractivity contribution >= 4 is 23.2 Å². The number of para-hydroxylation sites is 1. The molecule has 2 heterocycles. The van der Waals surface area contributed by atoms with Crippen LogP contribution in [0.3, 0.4) is 0 Å². The molecule has 1 N–H and O–H groups in total. The van der Waals surface area contributed by atoms with Gasteiger partial charge in [0.15, 0.2) is 0 Å². The minimum atomic E-state index is -4.43. The number of piperazine rings is 1. The molecule has 31 heavy (non-hydrogen) atoms. The molecule has 2 aromatic carbocycles. The highest BCUT2D eigenvalue weighted by Gasteiger charge is 2.53. The largest absolute Gasteiger partial charge is 0.416 e. The maximum atomic E-state index is 13.0. The van der Waals surface area contributed by atoms with E-state index in [1.54, 1.807) is 35.2 Å². The monoisotopic (exact) mass is 433 g/mol. The fourth-order valence-corrected chi connectivity index (χ4v) is 4.07. The van der Waals surface area contributed by atoms with Crippen molar-refractivity contribution in [2.24, 2.45) is 0 Å². The van der Waals surface area contributed by atoms with E-state index in [2.05, 4.69) is 0 Å². The summed E-state index contributed by atoms with van der Waals surface area (Å²) >= 11 is 0. The second kappa shape index (κ2) is 7.88. The maximum absolute atomic E-state index is 13.0. The number of carbonyl (C=O) groups is 2. The summed E-state index contributed by atoms with van der Waals surface area (Å²) in [6.45, 7) is 1.25. The number of alkyl halides is 3. The smallest absolute Gasteiger partial charge is 0.372 e. The molecule has 6 nitrogen and oxygen atoms in total. The first-order chi connectivity index (χ1) is 14.7. The first kappa shape index (κ1) is 21.2. The molecule has 0 radical (unpaired) electrons. The number of hydrogen-bond donors (Lipinski definition) is 1. The summed E-state index contributed by atoms with van der Waals surface area (Å²) in [4.78, 5) is 30.4. The molecule has 0 bridgehead atoms. The third kappa shape index (κ3) is 3.97. The van der Waals surface area contributed by atoms with Gasteiger partial charge in [-0.25, -0.2) is 0 Å². The predicted octanol–water partition coefficient (Wildman–Crippen LogP) is 2.52. The molecule has 164 valence electrons. The van der Waals surface area contributed by atoms with Gasteiger partial charge in [0.25, 0.3) is 11.8 Å². The van der Waals surface area contributed by atoms with Gasteiger partial charge in [0.05, 0.1) is 5.56 Å². The van der Waals surface area contributed by atoms with Crippen LogP contribution in [0.25, 0.3) is 0 Å². The molecular formula is C22H22F3N3O3. The second-order valence-electron chi connectivity index (χ2n) is 7.73. The van der Waals surface area contributed by atoms with Crippen LogP contribution < -0.4 is 9.80 Å². The van der Waals surface area contributed by atoms with Crippen molar-refractivity contribution in [3.05, 3.63) is 60.2 Å². The third-order valence-corrected chi connectivity index (χ3v) is 5.82. The Morgan fingerprint density at radius 3 is 2.19 bits per heavy atom. The molecule has 2 fully saturated rings. The highest BCUT2D eigenvalue weighted by Crippen LogP contribution is 2.33. The Morgan fingerprint density at radius 2 is 1.55 bits per heavy atom. The molecule has 2 saturated heterocycles. The first-order valence-corrected chi connectivity index (χ1v) is 10.0. The van der Waals surface area contributed by atoms with E-state index in [0.29, 0.717) is 24.5 Å². The molecule has 1 atom stereocenters. The van der Waals surface area contributed by atoms with E-state index in [4.69, 9.17) is 0 Å². The number of nitrogens with zero attached hydrogens (tertiary/aromatic N) is 3. The van der Waals surface area contributed by atoms with Gasteiger partial charge < -0.3 is 19.8 Å². The molecule has 0 saturated carbocycles. The number of anilines is 2. The van der Waals surface area contributed by atoms with Crippen LogP contribution >= 0.6 is 0 Å². The number of carbonyl (C=O) groups excluding carboxylic acids is 2. The fourth-order valence-electron chi connectivity index (χ4n) is 4.07. The molecule has 0 spiro atoms. The fraction of sp³-hybridized carbons (Fsp3) is 0.364. The summed E-state index contributed by atoms with van der Waals surface area (Å²) in [5.41, 5.74) is -1.80. The Balaban J connectivity index is 1.42. The SMILES string of the molecule is O=C(N1CCN(c2cccc(C(F)(F)F)c2)CC1)C1(O)CCN(c2ccccc2)C1=O. The van der Waals surface area contributed by atoms with Gasteiger partial charge in [-0.3, -0.25) is 9.59 Å². The minimum absolute atomic E-state index is 0.00654. The lowest BCUT2D eigenvalue weighted by Crippen LogP contribution is -2.58. The van der Waals surface area contributed by atoms with Crippen LogP contribution in [0, 0.1) is 0 Å². The minimum Gasteiger partial charge on any atom is -0.372 e. The molecule has 2 amide bonds. The zero-order chi connectivity index (χ0) is 22.2. The van der Waals surface area contributed by atoms with E-state index in [1.807, 2.05) is 6.07 Å². The lowest BCUT2D eigenvalue weighted by atomic mass is 10.00. The van der Waals surface area contributed by atoms with Gasteiger partial charge in [0.2, 0.25) is 5.60 Å². The summed E-state index contributed by atoms with van der Waals surface area (Å²) in [5.74, 6) is -1.30. The molecule has 2 aliphatic rings. The summed E-state index contributed by atoms with van der Waals surface area (Å²) in [5, 5.41) is 10.9. The van der Waals surface area contributed by atoms with Gasteiger partial charge in [0, 0.05) is 50.5 Å². The first-order valence-electron chi connectivity index (χ1n) is 10.0. The Labute approximate surface area is 177 Å². The Bertz CT molecular complexity index is 975. The quantitative estimate of drug-likeness (QED) is 0.756. The van der Waals surface area contributed by atoms with Crippen LogP contribution in [-0.4, -0.2) is 60.1 Å². The highest BCUT2D eigenvalue weighted by atomic mass is 19.4. The molecule has 9 heteroatoms. The van der Waals surface area contributed by atoms with Crippen LogP contribution in [0.4, 0.5) is 24.5 Å². The molecule has 2 aliphatic heterocycles. The van der Waals surface area contributed by atoms with Crippen molar-refractivity contribution in [2.75, 3.05) is 42.5 Å². The van der Waals surface area contributed by atoms with Gasteiger partial charge in [-0.05, 0) is 30.3 Å². The summed E-state index contributed by atoms with van der Waals surface area (Å²) in [6, 6.07) is 13.9. The maximum Gasteiger partial charge on any atom is 0.416 e. The Kier molecular flexibility index (Phi) is 5.38. The van der Waals surface area contributed by atoms with Gasteiger partial charge in [-0.15, -0.1) is 0 Å². The lowest BCUT2D eigenvalue weighted by molar-refractivity contribution is -0.157. The van der Waals surface area contributed by atoms with Gasteiger partial charge >= 0.3 is 6.18 Å². The number of rotatable bonds is 3. The van der Waals surface area contributed by atoms with E-state index in [0.717, 1.165) is 12.1 Å². The number of amides is 2. The standard InChI is InChI=1S/C22H22F3N3O3/c23-22(24,25)16-5-4-8-18(15-16)26-11-13-27(14-12-26)19(29)21(31)9-10-28(20(21)30)17-6-2-1-3-7-17/h1-8,15,31H,9-14H2. The van der Waals surface area contributed by atoms with Crippen molar-refractivity contribution in [3.63, 3.8) is 0 Å². The van der Waals surface area contributed by atoms with Crippen LogP contribution in [0.2, 0.25) is 0 Å². The van der Waals surface area contributed by atoms with Crippen molar-refractivity contribution < 1.29 is 27.9 Å². The van der Waals surface area contributed by atoms with Crippen molar-refractivity contribution in [1.29, 1.82) is 0 Å². The Hall–Kier alpha value is -3.07. The lowest BCUT2D eigenvalue weighted by Gasteiger charge is -2.38. The molecule has 2 aromatic rings.